The first-order valence-corrected chi connectivity index (χ1v) is 9.16. The summed E-state index contributed by atoms with van der Waals surface area (Å²) < 4.78 is 22.7. The second kappa shape index (κ2) is 7.29. The van der Waals surface area contributed by atoms with Crippen LogP contribution in [0.15, 0.2) is 15.7 Å². The molecule has 2 atom stereocenters. The van der Waals surface area contributed by atoms with Crippen LogP contribution in [-0.2, 0) is 0 Å². The maximum atomic E-state index is 15.1. The van der Waals surface area contributed by atoms with Crippen LogP contribution in [0.5, 0.6) is 5.75 Å². The third-order valence-corrected chi connectivity index (χ3v) is 5.79. The lowest BCUT2D eigenvalue weighted by Crippen LogP contribution is -2.44. The van der Waals surface area contributed by atoms with E-state index in [1.54, 1.807) is 0 Å². The Morgan fingerprint density at radius 2 is 1.96 bits per heavy atom. The minimum absolute atomic E-state index is 0. The highest BCUT2D eigenvalue weighted by atomic mass is 35.5. The van der Waals surface area contributed by atoms with Crippen LogP contribution in [0.2, 0.25) is 0 Å². The monoisotopic (exact) mass is 413 g/mol. The Kier molecular flexibility index (Phi) is 5.33. The smallest absolute Gasteiger partial charge is 0.350 e. The van der Waals surface area contributed by atoms with Crippen molar-refractivity contribution in [2.24, 2.45) is 17.6 Å². The molecule has 1 aromatic heterocycles. The van der Waals surface area contributed by atoms with E-state index in [2.05, 4.69) is 6.92 Å². The van der Waals surface area contributed by atoms with Crippen LogP contribution in [0.25, 0.3) is 10.9 Å². The highest BCUT2D eigenvalue weighted by molar-refractivity contribution is 5.91. The van der Waals surface area contributed by atoms with Crippen molar-refractivity contribution in [2.75, 3.05) is 37.5 Å². The highest BCUT2D eigenvalue weighted by Gasteiger charge is 2.35. The molecule has 2 heterocycles. The van der Waals surface area contributed by atoms with Crippen LogP contribution < -0.4 is 32.5 Å². The van der Waals surface area contributed by atoms with Crippen LogP contribution in [0.4, 0.5) is 10.1 Å². The van der Waals surface area contributed by atoms with Crippen LogP contribution >= 0.6 is 12.4 Å². The Morgan fingerprint density at radius 3 is 2.50 bits per heavy atom. The van der Waals surface area contributed by atoms with Crippen molar-refractivity contribution in [2.45, 2.75) is 25.8 Å². The maximum absolute atomic E-state index is 15.1. The fraction of sp³-hybridized carbons (Fsp3) is 0.556. The van der Waals surface area contributed by atoms with Crippen molar-refractivity contribution in [1.82, 2.24) is 9.24 Å². The van der Waals surface area contributed by atoms with Gasteiger partial charge in [-0.2, -0.15) is 4.68 Å². The number of hydrogen-bond donors (Lipinski definition) is 2. The molecule has 8 nitrogen and oxygen atoms in total. The standard InChI is InChI=1S/C18H24FN5O3.ClH/c1-9-7-22(8-10(9)6-20)15-13(19)5-12-14(16(15)27-2)23(11-3-4-11)18(26)24(21)17(12)25;/h5,9-11H,3-4,6-8,20-21H2,1-2H3;1H. The van der Waals surface area contributed by atoms with Crippen molar-refractivity contribution < 1.29 is 9.13 Å². The summed E-state index contributed by atoms with van der Waals surface area (Å²) in [5, 5.41) is 0.0460. The molecular formula is C18H25ClFN5O3. The lowest BCUT2D eigenvalue weighted by atomic mass is 9.99. The number of methoxy groups -OCH3 is 1. The number of halogens is 2. The average Bonchev–Trinajstić information content (AvgIpc) is 3.41. The lowest BCUT2D eigenvalue weighted by Gasteiger charge is -2.24. The largest absolute Gasteiger partial charge is 0.492 e. The van der Waals surface area contributed by atoms with E-state index in [-0.39, 0.29) is 41.2 Å². The molecule has 1 aliphatic heterocycles. The molecule has 154 valence electrons. The van der Waals surface area contributed by atoms with Gasteiger partial charge in [0.05, 0.1) is 12.5 Å². The summed E-state index contributed by atoms with van der Waals surface area (Å²) in [7, 11) is 1.42. The number of nitrogens with zero attached hydrogens (tertiary/aromatic N) is 3. The van der Waals surface area contributed by atoms with Gasteiger partial charge in [-0.25, -0.2) is 9.18 Å². The molecule has 0 amide bonds. The fourth-order valence-corrected chi connectivity index (χ4v) is 4.12. The van der Waals surface area contributed by atoms with Gasteiger partial charge in [-0.15, -0.1) is 12.4 Å². The molecule has 1 aliphatic carbocycles. The summed E-state index contributed by atoms with van der Waals surface area (Å²) in [6.07, 6.45) is 1.61. The normalized spacial score (nSPS) is 21.8. The van der Waals surface area contributed by atoms with Crippen LogP contribution in [0.3, 0.4) is 0 Å². The van der Waals surface area contributed by atoms with Gasteiger partial charge in [0.15, 0.2) is 11.6 Å². The number of ether oxygens (including phenoxy) is 1. The number of hydrogen-bond acceptors (Lipinski definition) is 6. The van der Waals surface area contributed by atoms with E-state index in [0.29, 0.717) is 35.7 Å². The molecule has 2 unspecified atom stereocenters. The molecular weight excluding hydrogens is 389 g/mol. The van der Waals surface area contributed by atoms with Gasteiger partial charge in [0.25, 0.3) is 5.56 Å². The van der Waals surface area contributed by atoms with Gasteiger partial charge in [0, 0.05) is 19.1 Å². The van der Waals surface area contributed by atoms with Gasteiger partial charge >= 0.3 is 5.69 Å². The molecule has 1 saturated carbocycles. The van der Waals surface area contributed by atoms with E-state index < -0.39 is 17.1 Å². The fourth-order valence-electron chi connectivity index (χ4n) is 4.12. The average molecular weight is 414 g/mol. The minimum atomic E-state index is -0.731. The van der Waals surface area contributed by atoms with E-state index in [9.17, 15) is 9.59 Å². The lowest BCUT2D eigenvalue weighted by molar-refractivity contribution is 0.412. The van der Waals surface area contributed by atoms with Gasteiger partial charge in [0.1, 0.15) is 11.2 Å². The Bertz CT molecular complexity index is 1030. The van der Waals surface area contributed by atoms with Crippen molar-refractivity contribution in [3.63, 3.8) is 0 Å². The first-order chi connectivity index (χ1) is 12.9. The predicted octanol–water partition coefficient (Wildman–Crippen LogP) is 0.812. The van der Waals surface area contributed by atoms with E-state index in [1.807, 2.05) is 4.90 Å². The zero-order valence-corrected chi connectivity index (χ0v) is 16.7. The maximum Gasteiger partial charge on any atom is 0.350 e. The van der Waals surface area contributed by atoms with E-state index in [1.165, 1.54) is 11.7 Å². The first kappa shape index (κ1) is 20.5. The Balaban J connectivity index is 0.00000225. The van der Waals surface area contributed by atoms with Crippen molar-refractivity contribution in [3.8, 4) is 5.75 Å². The molecule has 10 heteroatoms. The third kappa shape index (κ3) is 2.93. The zero-order valence-electron chi connectivity index (χ0n) is 15.9. The van der Waals surface area contributed by atoms with Crippen molar-refractivity contribution >= 4 is 29.0 Å². The Hall–Kier alpha value is -2.26. The van der Waals surface area contributed by atoms with Gasteiger partial charge in [-0.3, -0.25) is 9.36 Å². The van der Waals surface area contributed by atoms with Gasteiger partial charge in [-0.1, -0.05) is 6.92 Å². The summed E-state index contributed by atoms with van der Waals surface area (Å²) in [6.45, 7) is 3.82. The number of aromatic nitrogens is 2. The summed E-state index contributed by atoms with van der Waals surface area (Å²) in [5.74, 6) is 5.84. The molecule has 0 radical (unpaired) electrons. The molecule has 4 N–H and O–H groups in total. The topological polar surface area (TPSA) is 109 Å². The van der Waals surface area contributed by atoms with Crippen LogP contribution in [0, 0.1) is 17.7 Å². The van der Waals surface area contributed by atoms with Crippen molar-refractivity contribution in [1.29, 1.82) is 0 Å². The van der Waals surface area contributed by atoms with Gasteiger partial charge < -0.3 is 21.2 Å². The van der Waals surface area contributed by atoms with E-state index in [4.69, 9.17) is 16.3 Å². The van der Waals surface area contributed by atoms with E-state index in [0.717, 1.165) is 18.9 Å². The molecule has 28 heavy (non-hydrogen) atoms. The first-order valence-electron chi connectivity index (χ1n) is 9.16. The number of rotatable bonds is 4. The molecule has 0 spiro atoms. The minimum Gasteiger partial charge on any atom is -0.492 e. The predicted molar refractivity (Wildman–Crippen MR) is 109 cm³/mol. The quantitative estimate of drug-likeness (QED) is 0.718. The second-order valence-electron chi connectivity index (χ2n) is 7.57. The number of anilines is 1. The van der Waals surface area contributed by atoms with Crippen molar-refractivity contribution in [3.05, 3.63) is 32.7 Å². The number of benzene rings is 1. The summed E-state index contributed by atoms with van der Waals surface area (Å²) in [6, 6.07) is 1.11. The molecule has 2 aliphatic rings. The SMILES string of the molecule is COc1c(N2CC(C)C(CN)C2)c(F)cc2c(=O)n(N)c(=O)n(C3CC3)c12.Cl. The molecule has 4 rings (SSSR count). The second-order valence-corrected chi connectivity index (χ2v) is 7.57. The van der Waals surface area contributed by atoms with Crippen LogP contribution in [0.1, 0.15) is 25.8 Å². The number of fused-ring (bicyclic) bond motifs is 1. The van der Waals surface area contributed by atoms with Crippen LogP contribution in [-0.4, -0.2) is 36.0 Å². The molecule has 0 bridgehead atoms. The highest BCUT2D eigenvalue weighted by Crippen LogP contribution is 2.43. The summed E-state index contributed by atoms with van der Waals surface area (Å²) in [5.41, 5.74) is 5.09. The Labute approximate surface area is 167 Å². The summed E-state index contributed by atoms with van der Waals surface area (Å²) in [4.78, 5) is 27.1. The number of nitrogen functional groups attached to an aromatic ring is 1. The Morgan fingerprint density at radius 1 is 1.29 bits per heavy atom. The molecule has 1 saturated heterocycles. The molecule has 2 fully saturated rings. The number of nitrogens with two attached hydrogens (primary N) is 2. The third-order valence-electron chi connectivity index (χ3n) is 5.79. The van der Waals surface area contributed by atoms with Gasteiger partial charge in [-0.05, 0) is 37.3 Å². The zero-order chi connectivity index (χ0) is 19.5. The molecule has 2 aromatic rings. The van der Waals surface area contributed by atoms with Gasteiger partial charge in [0.2, 0.25) is 0 Å². The van der Waals surface area contributed by atoms with E-state index >= 15 is 4.39 Å². The summed E-state index contributed by atoms with van der Waals surface area (Å²) >= 11 is 0. The molecule has 1 aromatic carbocycles.